The highest BCUT2D eigenvalue weighted by atomic mass is 15.3. The molecule has 2 fully saturated rings. The third-order valence-corrected chi connectivity index (χ3v) is 4.84. The van der Waals surface area contributed by atoms with Gasteiger partial charge in [0, 0.05) is 36.8 Å². The Bertz CT molecular complexity index is 669. The molecule has 0 bridgehead atoms. The van der Waals surface area contributed by atoms with Crippen molar-refractivity contribution in [3.63, 3.8) is 0 Å². The van der Waals surface area contributed by atoms with E-state index in [2.05, 4.69) is 26.5 Å². The van der Waals surface area contributed by atoms with Crippen molar-refractivity contribution >= 4 is 17.5 Å². The van der Waals surface area contributed by atoms with E-state index in [-0.39, 0.29) is 0 Å². The zero-order valence-electron chi connectivity index (χ0n) is 13.7. The summed E-state index contributed by atoms with van der Waals surface area (Å²) in [6.45, 7) is 4.20. The average molecular weight is 312 g/mol. The van der Waals surface area contributed by atoms with E-state index < -0.39 is 0 Å². The lowest BCUT2D eigenvalue weighted by Gasteiger charge is -2.33. The Balaban J connectivity index is 1.63. The Morgan fingerprint density at radius 3 is 2.52 bits per heavy atom. The largest absolute Gasteiger partial charge is 0.356 e. The normalized spacial score (nSPS) is 18.7. The molecule has 4 rings (SSSR count). The van der Waals surface area contributed by atoms with Crippen LogP contribution in [0.2, 0.25) is 0 Å². The third kappa shape index (κ3) is 3.16. The van der Waals surface area contributed by atoms with Gasteiger partial charge in [-0.25, -0.2) is 9.97 Å². The summed E-state index contributed by atoms with van der Waals surface area (Å²) in [5.74, 6) is 4.23. The second-order valence-electron chi connectivity index (χ2n) is 6.71. The van der Waals surface area contributed by atoms with Crippen molar-refractivity contribution in [2.24, 2.45) is 0 Å². The Morgan fingerprint density at radius 2 is 1.87 bits per heavy atom. The van der Waals surface area contributed by atoms with Crippen LogP contribution in [0.15, 0.2) is 12.1 Å². The molecule has 23 heavy (non-hydrogen) atoms. The first-order valence-electron chi connectivity index (χ1n) is 8.71. The lowest BCUT2D eigenvalue weighted by Crippen LogP contribution is -2.38. The highest BCUT2D eigenvalue weighted by Gasteiger charge is 2.23. The van der Waals surface area contributed by atoms with Gasteiger partial charge in [-0.3, -0.25) is 5.10 Å². The number of nitrogens with one attached hydrogen (secondary N) is 2. The highest BCUT2D eigenvalue weighted by Crippen LogP contribution is 2.33. The molecule has 0 aromatic carbocycles. The van der Waals surface area contributed by atoms with Gasteiger partial charge in [-0.1, -0.05) is 19.3 Å². The van der Waals surface area contributed by atoms with Gasteiger partial charge in [0.2, 0.25) is 0 Å². The molecule has 1 saturated heterocycles. The fourth-order valence-electron chi connectivity index (χ4n) is 3.38. The summed E-state index contributed by atoms with van der Waals surface area (Å²) < 4.78 is 0. The van der Waals surface area contributed by atoms with Gasteiger partial charge in [-0.15, -0.1) is 0 Å². The summed E-state index contributed by atoms with van der Waals surface area (Å²) >= 11 is 0. The minimum absolute atomic E-state index is 0.506. The summed E-state index contributed by atoms with van der Waals surface area (Å²) in [7, 11) is 0. The lowest BCUT2D eigenvalue weighted by atomic mass is 9.88. The van der Waals surface area contributed by atoms with Crippen LogP contribution in [0, 0.1) is 6.92 Å². The van der Waals surface area contributed by atoms with E-state index in [1.165, 1.54) is 38.5 Å². The van der Waals surface area contributed by atoms with Gasteiger partial charge in [0.15, 0.2) is 5.82 Å². The van der Waals surface area contributed by atoms with Gasteiger partial charge in [-0.05, 0) is 26.2 Å². The maximum atomic E-state index is 4.87. The lowest BCUT2D eigenvalue weighted by molar-refractivity contribution is 0.428. The molecule has 0 atom stereocenters. The molecule has 2 aromatic rings. The zero-order valence-corrected chi connectivity index (χ0v) is 13.7. The number of aromatic nitrogens is 4. The summed E-state index contributed by atoms with van der Waals surface area (Å²) in [5.41, 5.74) is 1.04. The topological polar surface area (TPSA) is 69.7 Å². The second-order valence-corrected chi connectivity index (χ2v) is 6.71. The Hall–Kier alpha value is -2.11. The van der Waals surface area contributed by atoms with Crippen LogP contribution in [0.5, 0.6) is 0 Å². The van der Waals surface area contributed by atoms with Crippen molar-refractivity contribution in [3.8, 4) is 0 Å². The van der Waals surface area contributed by atoms with Crippen molar-refractivity contribution in [3.05, 3.63) is 23.7 Å². The minimum atomic E-state index is 0.506. The van der Waals surface area contributed by atoms with Crippen molar-refractivity contribution in [1.82, 2.24) is 20.2 Å². The quantitative estimate of drug-likeness (QED) is 0.904. The maximum absolute atomic E-state index is 4.87. The Morgan fingerprint density at radius 1 is 1.04 bits per heavy atom. The van der Waals surface area contributed by atoms with E-state index in [0.717, 1.165) is 42.1 Å². The van der Waals surface area contributed by atoms with Crippen LogP contribution in [0.3, 0.4) is 0 Å². The number of aromatic amines is 1. The molecule has 0 radical (unpaired) electrons. The third-order valence-electron chi connectivity index (χ3n) is 4.84. The smallest absolute Gasteiger partial charge is 0.153 e. The molecule has 1 saturated carbocycles. The number of hydrogen-bond acceptors (Lipinski definition) is 5. The molecule has 0 amide bonds. The number of hydrogen-bond donors (Lipinski definition) is 2. The van der Waals surface area contributed by atoms with Crippen molar-refractivity contribution in [2.75, 3.05) is 23.3 Å². The molecule has 6 heteroatoms. The van der Waals surface area contributed by atoms with E-state index in [9.17, 15) is 0 Å². The number of anilines is 3. The van der Waals surface area contributed by atoms with Crippen LogP contribution in [-0.4, -0.2) is 33.3 Å². The van der Waals surface area contributed by atoms with Crippen molar-refractivity contribution in [1.29, 1.82) is 0 Å². The molecule has 0 unspecified atom stereocenters. The van der Waals surface area contributed by atoms with E-state index in [4.69, 9.17) is 9.97 Å². The first-order chi connectivity index (χ1) is 11.3. The fourth-order valence-corrected chi connectivity index (χ4v) is 3.38. The minimum Gasteiger partial charge on any atom is -0.356 e. The van der Waals surface area contributed by atoms with Gasteiger partial charge >= 0.3 is 0 Å². The second kappa shape index (κ2) is 6.18. The fraction of sp³-hybridized carbons (Fsp3) is 0.588. The predicted octanol–water partition coefficient (Wildman–Crippen LogP) is 3.51. The number of H-pyrrole nitrogens is 1. The van der Waals surface area contributed by atoms with Crippen molar-refractivity contribution < 1.29 is 0 Å². The van der Waals surface area contributed by atoms with Gasteiger partial charge in [0.1, 0.15) is 17.5 Å². The molecule has 2 N–H and O–H groups in total. The van der Waals surface area contributed by atoms with Crippen LogP contribution in [0.4, 0.5) is 17.5 Å². The highest BCUT2D eigenvalue weighted by molar-refractivity contribution is 5.57. The van der Waals surface area contributed by atoms with E-state index in [1.807, 2.05) is 13.0 Å². The average Bonchev–Trinajstić information content (AvgIpc) is 2.91. The zero-order chi connectivity index (χ0) is 15.6. The summed E-state index contributed by atoms with van der Waals surface area (Å²) in [6.07, 6.45) is 7.62. The molecule has 2 aromatic heterocycles. The molecule has 1 aliphatic carbocycles. The molecule has 122 valence electrons. The summed E-state index contributed by atoms with van der Waals surface area (Å²) in [6, 6.07) is 4.04. The first kappa shape index (κ1) is 14.5. The van der Waals surface area contributed by atoms with Crippen LogP contribution >= 0.6 is 0 Å². The monoisotopic (exact) mass is 312 g/mol. The first-order valence-corrected chi connectivity index (χ1v) is 8.71. The number of nitrogens with zero attached hydrogens (tertiary/aromatic N) is 4. The molecule has 0 spiro atoms. The van der Waals surface area contributed by atoms with Gasteiger partial charge in [0.25, 0.3) is 0 Å². The van der Waals surface area contributed by atoms with Gasteiger partial charge < -0.3 is 10.2 Å². The predicted molar refractivity (Wildman–Crippen MR) is 91.3 cm³/mol. The van der Waals surface area contributed by atoms with E-state index in [1.54, 1.807) is 0 Å². The van der Waals surface area contributed by atoms with Crippen LogP contribution < -0.4 is 10.2 Å². The van der Waals surface area contributed by atoms with Crippen molar-refractivity contribution in [2.45, 2.75) is 51.4 Å². The molecule has 1 aliphatic heterocycles. The van der Waals surface area contributed by atoms with Gasteiger partial charge in [-0.2, -0.15) is 5.10 Å². The number of aryl methyl sites for hydroxylation is 1. The molecule has 3 heterocycles. The Labute approximate surface area is 136 Å². The molecule has 2 aliphatic rings. The molecular weight excluding hydrogens is 288 g/mol. The van der Waals surface area contributed by atoms with Gasteiger partial charge in [0.05, 0.1) is 0 Å². The Kier molecular flexibility index (Phi) is 3.89. The molecule has 6 nitrogen and oxygen atoms in total. The van der Waals surface area contributed by atoms with Crippen LogP contribution in [-0.2, 0) is 0 Å². The maximum Gasteiger partial charge on any atom is 0.153 e. The van der Waals surface area contributed by atoms with E-state index in [0.29, 0.717) is 5.92 Å². The number of rotatable bonds is 4. The molecular formula is C17H24N6. The summed E-state index contributed by atoms with van der Waals surface area (Å²) in [5, 5.41) is 10.5. The van der Waals surface area contributed by atoms with Crippen LogP contribution in [0.25, 0.3) is 0 Å². The van der Waals surface area contributed by atoms with E-state index >= 15 is 0 Å². The summed E-state index contributed by atoms with van der Waals surface area (Å²) in [4.78, 5) is 12.0. The SMILES string of the molecule is Cc1cc(Nc2cc(N3CCC3)nc(C3CCCCC3)n2)n[nH]1. The standard InChI is InChI=1S/C17H24N6/c1-12-10-15(22-21-12)18-14-11-16(23-8-5-9-23)20-17(19-14)13-6-3-2-4-7-13/h10-11,13H,2-9H2,1H3,(H2,18,19,20,21,22). The van der Waals surface area contributed by atoms with Crippen LogP contribution in [0.1, 0.15) is 56.0 Å².